The number of amides is 2. The van der Waals surface area contributed by atoms with Crippen LogP contribution in [0, 0.1) is 12.7 Å². The fourth-order valence-corrected chi connectivity index (χ4v) is 4.27. The van der Waals surface area contributed by atoms with Gasteiger partial charge in [0, 0.05) is 5.69 Å². The van der Waals surface area contributed by atoms with Crippen molar-refractivity contribution in [1.29, 1.82) is 0 Å². The molecule has 1 heterocycles. The number of nitrogens with zero attached hydrogens (tertiary/aromatic N) is 2. The van der Waals surface area contributed by atoms with E-state index in [1.54, 1.807) is 42.5 Å². The number of carbonyl (C=O) groups is 2. The summed E-state index contributed by atoms with van der Waals surface area (Å²) in [6.07, 6.45) is 1.54. The van der Waals surface area contributed by atoms with Gasteiger partial charge in [-0.05, 0) is 55.0 Å². The summed E-state index contributed by atoms with van der Waals surface area (Å²) < 4.78 is 14.6. The van der Waals surface area contributed by atoms with Gasteiger partial charge in [-0.1, -0.05) is 70.9 Å². The zero-order valence-corrected chi connectivity index (χ0v) is 20.2. The first-order chi connectivity index (χ1) is 16.3. The van der Waals surface area contributed by atoms with Crippen LogP contribution < -0.4 is 10.2 Å². The van der Waals surface area contributed by atoms with Gasteiger partial charge < -0.3 is 5.32 Å². The van der Waals surface area contributed by atoms with Gasteiger partial charge in [-0.2, -0.15) is 0 Å². The molecule has 1 N–H and O–H groups in total. The molecule has 3 aromatic carbocycles. The summed E-state index contributed by atoms with van der Waals surface area (Å²) in [7, 11) is 0. The van der Waals surface area contributed by atoms with Gasteiger partial charge in [0.1, 0.15) is 11.5 Å². The van der Waals surface area contributed by atoms with Gasteiger partial charge in [0.2, 0.25) is 5.91 Å². The second-order valence-corrected chi connectivity index (χ2v) is 9.15. The van der Waals surface area contributed by atoms with E-state index in [1.807, 2.05) is 19.1 Å². The topological polar surface area (TPSA) is 61.8 Å². The Hall–Kier alpha value is -3.13. The summed E-state index contributed by atoms with van der Waals surface area (Å²) >= 11 is 13.1. The van der Waals surface area contributed by atoms with E-state index in [0.29, 0.717) is 21.3 Å². The molecule has 9 heteroatoms. The lowest BCUT2D eigenvalue weighted by Crippen LogP contribution is -2.32. The van der Waals surface area contributed by atoms with E-state index in [-0.39, 0.29) is 28.2 Å². The predicted molar refractivity (Wildman–Crippen MR) is 138 cm³/mol. The summed E-state index contributed by atoms with van der Waals surface area (Å²) in [5.74, 6) is -1.40. The van der Waals surface area contributed by atoms with Gasteiger partial charge >= 0.3 is 0 Å². The number of aryl methyl sites for hydroxylation is 1. The first-order valence-corrected chi connectivity index (χ1v) is 11.9. The van der Waals surface area contributed by atoms with E-state index in [4.69, 9.17) is 23.2 Å². The van der Waals surface area contributed by atoms with Crippen molar-refractivity contribution in [2.75, 3.05) is 16.0 Å². The van der Waals surface area contributed by atoms with Crippen molar-refractivity contribution in [3.63, 3.8) is 0 Å². The fraction of sp³-hybridized carbons (Fsp3) is 0.0800. The highest BCUT2D eigenvalue weighted by molar-refractivity contribution is 8.14. The summed E-state index contributed by atoms with van der Waals surface area (Å²) in [4.78, 5) is 31.2. The van der Waals surface area contributed by atoms with Crippen molar-refractivity contribution in [3.05, 3.63) is 99.4 Å². The van der Waals surface area contributed by atoms with Crippen LogP contribution in [0.3, 0.4) is 0 Å². The Morgan fingerprint density at radius 3 is 2.53 bits per heavy atom. The Balaban J connectivity index is 1.59. The molecule has 172 valence electrons. The van der Waals surface area contributed by atoms with E-state index >= 15 is 0 Å². The predicted octanol–water partition coefficient (Wildman–Crippen LogP) is 6.56. The minimum atomic E-state index is -0.580. The molecule has 4 rings (SSSR count). The third-order valence-electron chi connectivity index (χ3n) is 4.84. The molecule has 34 heavy (non-hydrogen) atoms. The summed E-state index contributed by atoms with van der Waals surface area (Å²) in [5, 5.41) is 3.71. The van der Waals surface area contributed by atoms with Gasteiger partial charge in [0.15, 0.2) is 5.17 Å². The number of benzene rings is 3. The number of carbonyl (C=O) groups excluding carboxylic acids is 2. The molecule has 0 unspecified atom stereocenters. The van der Waals surface area contributed by atoms with Crippen LogP contribution in [0.25, 0.3) is 6.08 Å². The number of nitrogens with one attached hydrogen (secondary N) is 1. The first kappa shape index (κ1) is 24.0. The van der Waals surface area contributed by atoms with Crippen LogP contribution >= 0.6 is 35.0 Å². The number of hydrogen-bond donors (Lipinski definition) is 1. The molecule has 5 nitrogen and oxygen atoms in total. The molecule has 0 aliphatic carbocycles. The van der Waals surface area contributed by atoms with Crippen LogP contribution in [0.2, 0.25) is 10.0 Å². The lowest BCUT2D eigenvalue weighted by Gasteiger charge is -2.18. The maximum atomic E-state index is 14.6. The second kappa shape index (κ2) is 10.4. The third-order valence-corrected chi connectivity index (χ3v) is 6.52. The number of para-hydroxylation sites is 1. The van der Waals surface area contributed by atoms with E-state index in [0.717, 1.165) is 17.3 Å². The van der Waals surface area contributed by atoms with Crippen molar-refractivity contribution in [1.82, 2.24) is 0 Å². The molecule has 0 bridgehead atoms. The quantitative estimate of drug-likeness (QED) is 0.393. The van der Waals surface area contributed by atoms with Crippen LogP contribution in [0.15, 0.2) is 77.4 Å². The van der Waals surface area contributed by atoms with E-state index in [2.05, 4.69) is 10.3 Å². The van der Waals surface area contributed by atoms with Gasteiger partial charge in [-0.15, -0.1) is 0 Å². The number of anilines is 2. The smallest absolute Gasteiger partial charge is 0.283 e. The Labute approximate surface area is 210 Å². The van der Waals surface area contributed by atoms with Crippen molar-refractivity contribution in [3.8, 4) is 0 Å². The highest BCUT2D eigenvalue weighted by Crippen LogP contribution is 2.32. The number of halogens is 3. The molecule has 0 radical (unpaired) electrons. The fourth-order valence-electron chi connectivity index (χ4n) is 3.16. The molecule has 0 saturated carbocycles. The van der Waals surface area contributed by atoms with Gasteiger partial charge in [-0.25, -0.2) is 9.38 Å². The molecule has 0 fully saturated rings. The van der Waals surface area contributed by atoms with E-state index in [1.165, 1.54) is 23.1 Å². The maximum Gasteiger partial charge on any atom is 0.283 e. The minimum Gasteiger partial charge on any atom is -0.325 e. The molecular weight excluding hydrogens is 496 g/mol. The highest BCUT2D eigenvalue weighted by atomic mass is 35.5. The first-order valence-electron chi connectivity index (χ1n) is 10.2. The average molecular weight is 514 g/mol. The molecular formula is C25H18Cl2FN3O2S. The molecule has 0 spiro atoms. The van der Waals surface area contributed by atoms with Crippen LogP contribution in [0.5, 0.6) is 0 Å². The van der Waals surface area contributed by atoms with Crippen molar-refractivity contribution < 1.29 is 14.0 Å². The molecule has 1 aliphatic rings. The van der Waals surface area contributed by atoms with Crippen LogP contribution in [-0.4, -0.2) is 22.7 Å². The molecule has 1 aliphatic heterocycles. The Morgan fingerprint density at radius 1 is 1.09 bits per heavy atom. The van der Waals surface area contributed by atoms with Gasteiger partial charge in [-0.3, -0.25) is 14.5 Å². The zero-order chi connectivity index (χ0) is 24.2. The standard InChI is InChI=1S/C25H18Cl2FN3O2S/c1-15-6-9-17(10-7-15)29-23(32)14-34-25-30-21(13-16-8-11-18(26)19(27)12-16)24(33)31(25)22-5-3-2-4-20(22)28/h2-13H,14H2,1H3,(H,29,32). The third kappa shape index (κ3) is 5.50. The molecule has 3 aromatic rings. The zero-order valence-electron chi connectivity index (χ0n) is 17.9. The van der Waals surface area contributed by atoms with E-state index in [9.17, 15) is 14.0 Å². The SMILES string of the molecule is Cc1ccc(NC(=O)CSC2=NC(=Cc3ccc(Cl)c(Cl)c3)C(=O)N2c2ccccc2F)cc1. The van der Waals surface area contributed by atoms with Crippen LogP contribution in [0.4, 0.5) is 15.8 Å². The Kier molecular flexibility index (Phi) is 7.36. The van der Waals surface area contributed by atoms with Gasteiger partial charge in [0.05, 0.1) is 21.5 Å². The lowest BCUT2D eigenvalue weighted by atomic mass is 10.2. The number of aliphatic imine (C=N–C) groups is 1. The normalized spacial score (nSPS) is 14.5. The maximum absolute atomic E-state index is 14.6. The lowest BCUT2D eigenvalue weighted by molar-refractivity contribution is -0.114. The summed E-state index contributed by atoms with van der Waals surface area (Å²) in [5.41, 5.74) is 2.48. The van der Waals surface area contributed by atoms with Crippen LogP contribution in [0.1, 0.15) is 11.1 Å². The Morgan fingerprint density at radius 2 is 1.82 bits per heavy atom. The average Bonchev–Trinajstić information content (AvgIpc) is 3.11. The molecule has 2 amide bonds. The summed E-state index contributed by atoms with van der Waals surface area (Å²) in [6, 6.07) is 18.2. The molecule has 0 atom stereocenters. The number of rotatable bonds is 5. The van der Waals surface area contributed by atoms with Crippen molar-refractivity contribution in [2.24, 2.45) is 4.99 Å². The number of thioether (sulfide) groups is 1. The number of hydrogen-bond acceptors (Lipinski definition) is 4. The molecule has 0 saturated heterocycles. The summed E-state index contributed by atoms with van der Waals surface area (Å²) in [6.45, 7) is 1.96. The molecule has 0 aromatic heterocycles. The van der Waals surface area contributed by atoms with E-state index < -0.39 is 11.7 Å². The van der Waals surface area contributed by atoms with Crippen molar-refractivity contribution in [2.45, 2.75) is 6.92 Å². The largest absolute Gasteiger partial charge is 0.325 e. The van der Waals surface area contributed by atoms with Gasteiger partial charge in [0.25, 0.3) is 5.91 Å². The second-order valence-electron chi connectivity index (χ2n) is 7.39. The monoisotopic (exact) mass is 513 g/mol. The van der Waals surface area contributed by atoms with Crippen molar-refractivity contribution >= 4 is 69.4 Å². The minimum absolute atomic E-state index is 0.0228. The highest BCUT2D eigenvalue weighted by Gasteiger charge is 2.33. The van der Waals surface area contributed by atoms with Crippen LogP contribution in [-0.2, 0) is 9.59 Å². The Bertz CT molecular complexity index is 1330. The number of amidine groups is 1.